The Morgan fingerprint density at radius 1 is 1.04 bits per heavy atom. The van der Waals surface area contributed by atoms with Crippen LogP contribution < -0.4 is 15.7 Å². The predicted molar refractivity (Wildman–Crippen MR) is 111 cm³/mol. The third-order valence-electron chi connectivity index (χ3n) is 4.68. The van der Waals surface area contributed by atoms with E-state index >= 15 is 0 Å². The number of anilines is 1. The highest BCUT2D eigenvalue weighted by atomic mass is 16.5. The maximum Gasteiger partial charge on any atom is 0.336 e. The van der Waals surface area contributed by atoms with Gasteiger partial charge in [-0.05, 0) is 35.7 Å². The van der Waals surface area contributed by atoms with Crippen LogP contribution in [-0.4, -0.2) is 12.1 Å². The van der Waals surface area contributed by atoms with Crippen LogP contribution in [0.2, 0.25) is 0 Å². The summed E-state index contributed by atoms with van der Waals surface area (Å²) in [4.78, 5) is 16.3. The molecule has 0 atom stereocenters. The molecule has 2 aromatic carbocycles. The number of benzene rings is 2. The summed E-state index contributed by atoms with van der Waals surface area (Å²) in [7, 11) is 1.59. The third kappa shape index (κ3) is 3.60. The Kier molecular flexibility index (Phi) is 4.81. The lowest BCUT2D eigenvalue weighted by Gasteiger charge is -2.11. The molecule has 0 unspecified atom stereocenters. The number of aryl methyl sites for hydroxylation is 1. The smallest absolute Gasteiger partial charge is 0.336 e. The molecule has 140 valence electrons. The normalized spacial score (nSPS) is 10.8. The molecule has 0 fully saturated rings. The topological polar surface area (TPSA) is 64.4 Å². The monoisotopic (exact) mass is 372 g/mol. The number of methoxy groups -OCH3 is 1. The molecule has 1 N–H and O–H groups in total. The SMILES string of the molecule is COc1ccc(CNc2ccc3c(-c4ccccc4C)cc(=O)oc3c2)cn1. The van der Waals surface area contributed by atoms with E-state index in [0.717, 1.165) is 33.3 Å². The maximum absolute atomic E-state index is 12.1. The number of aromatic nitrogens is 1. The van der Waals surface area contributed by atoms with Gasteiger partial charge >= 0.3 is 5.63 Å². The van der Waals surface area contributed by atoms with E-state index in [1.165, 1.54) is 0 Å². The number of nitrogens with zero attached hydrogens (tertiary/aromatic N) is 1. The number of fused-ring (bicyclic) bond motifs is 1. The van der Waals surface area contributed by atoms with Crippen molar-refractivity contribution in [2.75, 3.05) is 12.4 Å². The van der Waals surface area contributed by atoms with Crippen molar-refractivity contribution in [3.63, 3.8) is 0 Å². The first-order valence-corrected chi connectivity index (χ1v) is 9.01. The van der Waals surface area contributed by atoms with Crippen molar-refractivity contribution in [2.24, 2.45) is 0 Å². The molecular weight excluding hydrogens is 352 g/mol. The fourth-order valence-corrected chi connectivity index (χ4v) is 3.21. The van der Waals surface area contributed by atoms with E-state index in [2.05, 4.69) is 10.3 Å². The Balaban J connectivity index is 1.65. The number of ether oxygens (including phenoxy) is 1. The highest BCUT2D eigenvalue weighted by Crippen LogP contribution is 2.31. The minimum absolute atomic E-state index is 0.359. The van der Waals surface area contributed by atoms with E-state index in [0.29, 0.717) is 18.0 Å². The van der Waals surface area contributed by atoms with E-state index < -0.39 is 0 Å². The van der Waals surface area contributed by atoms with Crippen LogP contribution in [0.5, 0.6) is 5.88 Å². The van der Waals surface area contributed by atoms with Crippen LogP contribution in [0.25, 0.3) is 22.1 Å². The van der Waals surface area contributed by atoms with Crippen LogP contribution >= 0.6 is 0 Å². The zero-order chi connectivity index (χ0) is 19.5. The van der Waals surface area contributed by atoms with Crippen LogP contribution in [0.4, 0.5) is 5.69 Å². The Morgan fingerprint density at radius 3 is 2.64 bits per heavy atom. The minimum atomic E-state index is -0.359. The lowest BCUT2D eigenvalue weighted by molar-refractivity contribution is 0.397. The van der Waals surface area contributed by atoms with Crippen molar-refractivity contribution < 1.29 is 9.15 Å². The van der Waals surface area contributed by atoms with Crippen molar-refractivity contribution in [1.82, 2.24) is 4.98 Å². The molecular formula is C23H20N2O3. The lowest BCUT2D eigenvalue weighted by atomic mass is 9.98. The summed E-state index contributed by atoms with van der Waals surface area (Å²) >= 11 is 0. The molecule has 0 aliphatic rings. The summed E-state index contributed by atoms with van der Waals surface area (Å²) in [6.07, 6.45) is 1.77. The predicted octanol–water partition coefficient (Wildman–Crippen LogP) is 4.78. The van der Waals surface area contributed by atoms with Gasteiger partial charge in [-0.3, -0.25) is 0 Å². The molecule has 2 heterocycles. The minimum Gasteiger partial charge on any atom is -0.481 e. The van der Waals surface area contributed by atoms with Crippen molar-refractivity contribution in [3.05, 3.63) is 88.4 Å². The summed E-state index contributed by atoms with van der Waals surface area (Å²) in [6.45, 7) is 2.64. The molecule has 0 bridgehead atoms. The number of hydrogen-bond acceptors (Lipinski definition) is 5. The average Bonchev–Trinajstić information content (AvgIpc) is 2.72. The third-order valence-corrected chi connectivity index (χ3v) is 4.68. The van der Waals surface area contributed by atoms with Gasteiger partial charge in [0, 0.05) is 47.6 Å². The van der Waals surface area contributed by atoms with Gasteiger partial charge in [0.25, 0.3) is 0 Å². The van der Waals surface area contributed by atoms with Crippen molar-refractivity contribution in [1.29, 1.82) is 0 Å². The highest BCUT2D eigenvalue weighted by molar-refractivity contribution is 5.95. The number of rotatable bonds is 5. The Bertz CT molecular complexity index is 1180. The zero-order valence-corrected chi connectivity index (χ0v) is 15.7. The molecule has 4 rings (SSSR count). The van der Waals surface area contributed by atoms with Gasteiger partial charge in [0.15, 0.2) is 0 Å². The second-order valence-corrected chi connectivity index (χ2v) is 6.57. The van der Waals surface area contributed by atoms with E-state index in [4.69, 9.17) is 9.15 Å². The van der Waals surface area contributed by atoms with Gasteiger partial charge in [-0.1, -0.05) is 30.3 Å². The Labute approximate surface area is 162 Å². The van der Waals surface area contributed by atoms with Crippen LogP contribution in [0.15, 0.2) is 76.1 Å². The van der Waals surface area contributed by atoms with Gasteiger partial charge in [-0.2, -0.15) is 0 Å². The largest absolute Gasteiger partial charge is 0.481 e. The van der Waals surface area contributed by atoms with Crippen LogP contribution in [0.1, 0.15) is 11.1 Å². The number of pyridine rings is 1. The molecule has 5 heteroatoms. The molecule has 0 aliphatic heterocycles. The van der Waals surface area contributed by atoms with Crippen LogP contribution in [-0.2, 0) is 6.54 Å². The first-order chi connectivity index (χ1) is 13.6. The molecule has 0 spiro atoms. The maximum atomic E-state index is 12.1. The van der Waals surface area contributed by atoms with E-state index in [1.807, 2.05) is 61.5 Å². The first-order valence-electron chi connectivity index (χ1n) is 9.01. The standard InChI is InChI=1S/C23H20N2O3/c1-15-5-3-4-6-18(15)20-12-23(26)28-21-11-17(8-9-19(20)21)24-13-16-7-10-22(27-2)25-14-16/h3-12,14,24H,13H2,1-2H3. The quantitative estimate of drug-likeness (QED) is 0.511. The summed E-state index contributed by atoms with van der Waals surface area (Å²) in [5.41, 5.74) is 5.12. The van der Waals surface area contributed by atoms with Gasteiger partial charge < -0.3 is 14.5 Å². The lowest BCUT2D eigenvalue weighted by Crippen LogP contribution is -2.02. The Morgan fingerprint density at radius 2 is 1.89 bits per heavy atom. The van der Waals surface area contributed by atoms with Crippen molar-refractivity contribution >= 4 is 16.7 Å². The van der Waals surface area contributed by atoms with E-state index in [-0.39, 0.29) is 5.63 Å². The van der Waals surface area contributed by atoms with E-state index in [9.17, 15) is 4.79 Å². The second kappa shape index (κ2) is 7.56. The highest BCUT2D eigenvalue weighted by Gasteiger charge is 2.10. The van der Waals surface area contributed by atoms with E-state index in [1.54, 1.807) is 19.4 Å². The van der Waals surface area contributed by atoms with Crippen LogP contribution in [0.3, 0.4) is 0 Å². The molecule has 0 aliphatic carbocycles. The number of nitrogens with one attached hydrogen (secondary N) is 1. The van der Waals surface area contributed by atoms with Gasteiger partial charge in [0.2, 0.25) is 5.88 Å². The summed E-state index contributed by atoms with van der Waals surface area (Å²) in [6, 6.07) is 19.2. The first kappa shape index (κ1) is 17.8. The summed E-state index contributed by atoms with van der Waals surface area (Å²) in [5, 5.41) is 4.25. The van der Waals surface area contributed by atoms with Crippen molar-refractivity contribution in [2.45, 2.75) is 13.5 Å². The van der Waals surface area contributed by atoms with Gasteiger partial charge in [0.1, 0.15) is 5.58 Å². The molecule has 0 saturated heterocycles. The zero-order valence-electron chi connectivity index (χ0n) is 15.7. The second-order valence-electron chi connectivity index (χ2n) is 6.57. The van der Waals surface area contributed by atoms with Gasteiger partial charge in [0.05, 0.1) is 7.11 Å². The van der Waals surface area contributed by atoms with Gasteiger partial charge in [-0.25, -0.2) is 9.78 Å². The molecule has 28 heavy (non-hydrogen) atoms. The molecule has 0 radical (unpaired) electrons. The molecule has 0 amide bonds. The molecule has 4 aromatic rings. The average molecular weight is 372 g/mol. The molecule has 0 saturated carbocycles. The fraction of sp³-hybridized carbons (Fsp3) is 0.130. The number of hydrogen-bond donors (Lipinski definition) is 1. The summed E-state index contributed by atoms with van der Waals surface area (Å²) < 4.78 is 10.5. The summed E-state index contributed by atoms with van der Waals surface area (Å²) in [5.74, 6) is 0.583. The van der Waals surface area contributed by atoms with Gasteiger partial charge in [-0.15, -0.1) is 0 Å². The Hall–Kier alpha value is -3.60. The molecule has 5 nitrogen and oxygen atoms in total. The van der Waals surface area contributed by atoms with Crippen molar-refractivity contribution in [3.8, 4) is 17.0 Å². The molecule has 2 aromatic heterocycles. The van der Waals surface area contributed by atoms with Crippen LogP contribution in [0, 0.1) is 6.92 Å². The fourth-order valence-electron chi connectivity index (χ4n) is 3.21.